The number of benzene rings is 1. The number of aliphatic carboxylic acids is 1. The van der Waals surface area contributed by atoms with E-state index in [1.54, 1.807) is 4.90 Å². The first-order valence-corrected chi connectivity index (χ1v) is 6.33. The van der Waals surface area contributed by atoms with Crippen LogP contribution in [-0.4, -0.2) is 35.2 Å². The molecule has 3 nitrogen and oxygen atoms in total. The van der Waals surface area contributed by atoms with Gasteiger partial charge in [-0.3, -0.25) is 9.69 Å². The Morgan fingerprint density at radius 1 is 1.35 bits per heavy atom. The van der Waals surface area contributed by atoms with Crippen molar-refractivity contribution in [2.45, 2.75) is 26.1 Å². The minimum absolute atomic E-state index is 0.139. The van der Waals surface area contributed by atoms with Gasteiger partial charge in [-0.1, -0.05) is 29.8 Å². The third-order valence-electron chi connectivity index (χ3n) is 3.83. The van der Waals surface area contributed by atoms with Gasteiger partial charge in [0.2, 0.25) is 0 Å². The molecular formula is C14H16F3NO2. The van der Waals surface area contributed by atoms with E-state index in [4.69, 9.17) is 5.11 Å². The average Bonchev–Trinajstić information content (AvgIpc) is 2.77. The summed E-state index contributed by atoms with van der Waals surface area (Å²) in [5, 5.41) is 8.97. The van der Waals surface area contributed by atoms with Crippen molar-refractivity contribution in [1.82, 2.24) is 4.90 Å². The second-order valence-corrected chi connectivity index (χ2v) is 5.33. The van der Waals surface area contributed by atoms with Crippen LogP contribution >= 0.6 is 0 Å². The van der Waals surface area contributed by atoms with Crippen molar-refractivity contribution in [3.8, 4) is 0 Å². The average molecular weight is 287 g/mol. The van der Waals surface area contributed by atoms with Crippen LogP contribution in [-0.2, 0) is 11.3 Å². The molecule has 0 saturated carbocycles. The van der Waals surface area contributed by atoms with E-state index >= 15 is 0 Å². The van der Waals surface area contributed by atoms with Gasteiger partial charge in [0.25, 0.3) is 0 Å². The highest BCUT2D eigenvalue weighted by Crippen LogP contribution is 2.45. The van der Waals surface area contributed by atoms with Crippen LogP contribution in [0.4, 0.5) is 13.2 Å². The number of likely N-dealkylation sites (tertiary alicyclic amines) is 1. The van der Waals surface area contributed by atoms with E-state index < -0.39 is 30.5 Å². The molecule has 1 N–H and O–H groups in total. The minimum atomic E-state index is -4.72. The number of alkyl halides is 3. The zero-order valence-corrected chi connectivity index (χ0v) is 11.1. The summed E-state index contributed by atoms with van der Waals surface area (Å²) in [5.41, 5.74) is -0.665. The fourth-order valence-corrected chi connectivity index (χ4v) is 2.50. The number of aryl methyl sites for hydroxylation is 1. The molecule has 1 fully saturated rings. The fourth-order valence-electron chi connectivity index (χ4n) is 2.50. The maximum absolute atomic E-state index is 13.0. The molecule has 0 spiro atoms. The molecule has 1 unspecified atom stereocenters. The van der Waals surface area contributed by atoms with Gasteiger partial charge in [-0.05, 0) is 18.9 Å². The summed E-state index contributed by atoms with van der Waals surface area (Å²) in [7, 11) is 0. The van der Waals surface area contributed by atoms with Gasteiger partial charge < -0.3 is 5.11 Å². The number of nitrogens with zero attached hydrogens (tertiary/aromatic N) is 1. The van der Waals surface area contributed by atoms with Gasteiger partial charge in [0, 0.05) is 19.6 Å². The van der Waals surface area contributed by atoms with Crippen molar-refractivity contribution < 1.29 is 23.1 Å². The van der Waals surface area contributed by atoms with Crippen LogP contribution in [0.3, 0.4) is 0 Å². The lowest BCUT2D eigenvalue weighted by molar-refractivity contribution is -0.227. The molecular weight excluding hydrogens is 271 g/mol. The molecule has 1 saturated heterocycles. The smallest absolute Gasteiger partial charge is 0.406 e. The van der Waals surface area contributed by atoms with Crippen LogP contribution in [0, 0.1) is 12.3 Å². The normalized spacial score (nSPS) is 24.0. The number of halogens is 3. The number of carboxylic acid groups (broad SMARTS) is 1. The molecule has 2 rings (SSSR count). The summed E-state index contributed by atoms with van der Waals surface area (Å²) in [6.45, 7) is 1.92. The number of carbonyl (C=O) groups is 1. The Hall–Kier alpha value is -1.56. The van der Waals surface area contributed by atoms with Gasteiger partial charge in [0.15, 0.2) is 5.41 Å². The summed E-state index contributed by atoms with van der Waals surface area (Å²) in [5.74, 6) is -1.78. The molecule has 1 aliphatic heterocycles. The standard InChI is InChI=1S/C14H16F3NO2/c1-10-2-4-11(5-3-10)8-18-7-6-13(9-18,12(19)20)14(15,16)17/h2-5H,6-9H2,1H3,(H,19,20). The summed E-state index contributed by atoms with van der Waals surface area (Å²) >= 11 is 0. The first kappa shape index (κ1) is 14.8. The zero-order valence-electron chi connectivity index (χ0n) is 11.1. The second kappa shape index (κ2) is 5.09. The van der Waals surface area contributed by atoms with Crippen molar-refractivity contribution in [3.63, 3.8) is 0 Å². The largest absolute Gasteiger partial charge is 0.481 e. The number of carboxylic acids is 1. The third-order valence-corrected chi connectivity index (χ3v) is 3.83. The van der Waals surface area contributed by atoms with E-state index in [9.17, 15) is 18.0 Å². The predicted molar refractivity (Wildman–Crippen MR) is 67.2 cm³/mol. The Balaban J connectivity index is 2.11. The third kappa shape index (κ3) is 2.65. The maximum atomic E-state index is 13.0. The lowest BCUT2D eigenvalue weighted by Crippen LogP contribution is -2.47. The lowest BCUT2D eigenvalue weighted by atomic mass is 9.86. The van der Waals surface area contributed by atoms with E-state index in [-0.39, 0.29) is 6.54 Å². The van der Waals surface area contributed by atoms with Crippen molar-refractivity contribution >= 4 is 5.97 Å². The molecule has 1 aromatic rings. The summed E-state index contributed by atoms with van der Waals surface area (Å²) in [4.78, 5) is 12.6. The molecule has 1 atom stereocenters. The monoisotopic (exact) mass is 287 g/mol. The molecule has 0 bridgehead atoms. The Morgan fingerprint density at radius 3 is 2.40 bits per heavy atom. The molecule has 0 radical (unpaired) electrons. The quantitative estimate of drug-likeness (QED) is 0.929. The summed E-state index contributed by atoms with van der Waals surface area (Å²) < 4.78 is 39.1. The van der Waals surface area contributed by atoms with Gasteiger partial charge in [-0.2, -0.15) is 13.2 Å². The van der Waals surface area contributed by atoms with Crippen LogP contribution in [0.2, 0.25) is 0 Å². The van der Waals surface area contributed by atoms with E-state index in [1.165, 1.54) is 0 Å². The van der Waals surface area contributed by atoms with Gasteiger partial charge in [0.05, 0.1) is 0 Å². The first-order valence-electron chi connectivity index (χ1n) is 6.33. The summed E-state index contributed by atoms with van der Waals surface area (Å²) in [6.07, 6.45) is -5.11. The summed E-state index contributed by atoms with van der Waals surface area (Å²) in [6, 6.07) is 7.48. The molecule has 0 aliphatic carbocycles. The number of hydrogen-bond donors (Lipinski definition) is 1. The Morgan fingerprint density at radius 2 is 1.95 bits per heavy atom. The van der Waals surface area contributed by atoms with Gasteiger partial charge in [-0.15, -0.1) is 0 Å². The van der Waals surface area contributed by atoms with Crippen LogP contribution in [0.5, 0.6) is 0 Å². The van der Waals surface area contributed by atoms with E-state index in [1.807, 2.05) is 31.2 Å². The first-order chi connectivity index (χ1) is 9.24. The lowest BCUT2D eigenvalue weighted by Gasteiger charge is -2.27. The van der Waals surface area contributed by atoms with Crippen molar-refractivity contribution in [1.29, 1.82) is 0 Å². The molecule has 1 aliphatic rings. The van der Waals surface area contributed by atoms with Crippen LogP contribution in [0.15, 0.2) is 24.3 Å². The molecule has 0 amide bonds. The molecule has 1 heterocycles. The zero-order chi connectivity index (χ0) is 15.0. The van der Waals surface area contributed by atoms with Crippen molar-refractivity contribution in [2.24, 2.45) is 5.41 Å². The Bertz CT molecular complexity index is 498. The number of rotatable bonds is 3. The Labute approximate surface area is 115 Å². The van der Waals surface area contributed by atoms with Crippen molar-refractivity contribution in [2.75, 3.05) is 13.1 Å². The van der Waals surface area contributed by atoms with Crippen LogP contribution in [0.1, 0.15) is 17.5 Å². The number of hydrogen-bond acceptors (Lipinski definition) is 2. The maximum Gasteiger partial charge on any atom is 0.406 e. The predicted octanol–water partition coefficient (Wildman–Crippen LogP) is 2.83. The van der Waals surface area contributed by atoms with Gasteiger partial charge in [-0.25, -0.2) is 0 Å². The van der Waals surface area contributed by atoms with Crippen molar-refractivity contribution in [3.05, 3.63) is 35.4 Å². The second-order valence-electron chi connectivity index (χ2n) is 5.33. The van der Waals surface area contributed by atoms with Crippen LogP contribution in [0.25, 0.3) is 0 Å². The van der Waals surface area contributed by atoms with Crippen LogP contribution < -0.4 is 0 Å². The molecule has 1 aromatic carbocycles. The fraction of sp³-hybridized carbons (Fsp3) is 0.500. The molecule has 20 heavy (non-hydrogen) atoms. The SMILES string of the molecule is Cc1ccc(CN2CCC(C(=O)O)(C(F)(F)F)C2)cc1. The van der Waals surface area contributed by atoms with E-state index in [2.05, 4.69) is 0 Å². The highest BCUT2D eigenvalue weighted by atomic mass is 19.4. The van der Waals surface area contributed by atoms with E-state index in [0.717, 1.165) is 11.1 Å². The Kier molecular flexibility index (Phi) is 3.77. The molecule has 110 valence electrons. The van der Waals surface area contributed by atoms with Gasteiger partial charge >= 0.3 is 12.1 Å². The topological polar surface area (TPSA) is 40.5 Å². The van der Waals surface area contributed by atoms with Gasteiger partial charge in [0.1, 0.15) is 0 Å². The molecule has 6 heteroatoms. The minimum Gasteiger partial charge on any atom is -0.481 e. The highest BCUT2D eigenvalue weighted by Gasteiger charge is 2.63. The highest BCUT2D eigenvalue weighted by molar-refractivity contribution is 5.76. The van der Waals surface area contributed by atoms with E-state index in [0.29, 0.717) is 6.54 Å². The molecule has 0 aromatic heterocycles.